The Morgan fingerprint density at radius 2 is 1.78 bits per heavy atom. The van der Waals surface area contributed by atoms with Crippen LogP contribution in [-0.2, 0) is 22.4 Å². The molecule has 2 rings (SSSR count). The Labute approximate surface area is 110 Å². The molecule has 96 valence electrons. The lowest BCUT2D eigenvalue weighted by Gasteiger charge is -2.06. The zero-order valence-corrected chi connectivity index (χ0v) is 11.2. The highest BCUT2D eigenvalue weighted by Crippen LogP contribution is 2.16. The molecule has 0 aliphatic heterocycles. The topological polar surface area (TPSA) is 66.4 Å². The van der Waals surface area contributed by atoms with Crippen molar-refractivity contribution in [2.24, 2.45) is 0 Å². The number of benzene rings is 1. The van der Waals surface area contributed by atoms with Gasteiger partial charge >= 0.3 is 0 Å². The van der Waals surface area contributed by atoms with Gasteiger partial charge in [-0.1, -0.05) is 24.3 Å². The summed E-state index contributed by atoms with van der Waals surface area (Å²) in [4.78, 5) is 0. The molecule has 0 spiro atoms. The van der Waals surface area contributed by atoms with Crippen LogP contribution >= 0.6 is 11.3 Å². The van der Waals surface area contributed by atoms with Gasteiger partial charge in [-0.2, -0.15) is 11.3 Å². The molecule has 0 saturated carbocycles. The van der Waals surface area contributed by atoms with Crippen molar-refractivity contribution in [3.8, 4) is 0 Å². The van der Waals surface area contributed by atoms with Crippen molar-refractivity contribution < 1.29 is 13.5 Å². The van der Waals surface area contributed by atoms with E-state index in [1.165, 1.54) is 11.3 Å². The van der Waals surface area contributed by atoms with Crippen LogP contribution in [0.3, 0.4) is 0 Å². The average molecular weight is 283 g/mol. The molecule has 0 unspecified atom stereocenters. The van der Waals surface area contributed by atoms with Crippen LogP contribution < -0.4 is 4.72 Å². The summed E-state index contributed by atoms with van der Waals surface area (Å²) >= 11 is 1.44. The maximum absolute atomic E-state index is 11.9. The van der Waals surface area contributed by atoms with E-state index >= 15 is 0 Å². The summed E-state index contributed by atoms with van der Waals surface area (Å²) in [7, 11) is -3.38. The zero-order valence-electron chi connectivity index (χ0n) is 9.54. The van der Waals surface area contributed by atoms with Gasteiger partial charge in [-0.15, -0.1) is 0 Å². The molecule has 0 bridgehead atoms. The van der Waals surface area contributed by atoms with Gasteiger partial charge in [-0.05, 0) is 22.6 Å². The minimum Gasteiger partial charge on any atom is -0.392 e. The van der Waals surface area contributed by atoms with Gasteiger partial charge in [0.05, 0.1) is 18.0 Å². The molecule has 0 radical (unpaired) electrons. The fourth-order valence-electron chi connectivity index (χ4n) is 1.50. The summed E-state index contributed by atoms with van der Waals surface area (Å²) in [6.07, 6.45) is 0. The maximum atomic E-state index is 11.9. The Bertz CT molecular complexity index is 589. The quantitative estimate of drug-likeness (QED) is 0.884. The van der Waals surface area contributed by atoms with Crippen molar-refractivity contribution in [3.63, 3.8) is 0 Å². The Hall–Kier alpha value is -1.37. The van der Waals surface area contributed by atoms with Crippen LogP contribution in [0.4, 0.5) is 5.69 Å². The molecule has 0 aliphatic rings. The highest BCUT2D eigenvalue weighted by molar-refractivity contribution is 7.91. The maximum Gasteiger partial charge on any atom is 0.236 e. The number of anilines is 1. The summed E-state index contributed by atoms with van der Waals surface area (Å²) < 4.78 is 26.2. The second kappa shape index (κ2) is 5.51. The molecule has 0 amide bonds. The van der Waals surface area contributed by atoms with Crippen molar-refractivity contribution in [2.45, 2.75) is 12.4 Å². The molecule has 0 aliphatic carbocycles. The first-order valence-corrected chi connectivity index (χ1v) is 7.90. The number of aliphatic hydroxyl groups excluding tert-OH is 1. The summed E-state index contributed by atoms with van der Waals surface area (Å²) in [6.45, 7) is -0.0415. The SMILES string of the molecule is O=S(=O)(Cc1ccc(CO)cc1)Nc1ccsc1. The van der Waals surface area contributed by atoms with E-state index in [-0.39, 0.29) is 12.4 Å². The van der Waals surface area contributed by atoms with E-state index in [2.05, 4.69) is 4.72 Å². The minimum atomic E-state index is -3.38. The van der Waals surface area contributed by atoms with Crippen molar-refractivity contribution in [3.05, 3.63) is 52.2 Å². The smallest absolute Gasteiger partial charge is 0.236 e. The summed E-state index contributed by atoms with van der Waals surface area (Å²) in [5, 5.41) is 12.5. The predicted octanol–water partition coefficient (Wildman–Crippen LogP) is 2.18. The van der Waals surface area contributed by atoms with Crippen molar-refractivity contribution in [1.29, 1.82) is 0 Å². The van der Waals surface area contributed by atoms with E-state index in [1.807, 2.05) is 5.38 Å². The van der Waals surface area contributed by atoms with Crippen LogP contribution in [0.25, 0.3) is 0 Å². The van der Waals surface area contributed by atoms with Crippen LogP contribution in [-0.4, -0.2) is 13.5 Å². The Morgan fingerprint density at radius 3 is 2.33 bits per heavy atom. The van der Waals surface area contributed by atoms with Crippen molar-refractivity contribution in [2.75, 3.05) is 4.72 Å². The monoisotopic (exact) mass is 283 g/mol. The van der Waals surface area contributed by atoms with Gasteiger partial charge in [0.1, 0.15) is 0 Å². The molecule has 2 aromatic rings. The molecule has 2 N–H and O–H groups in total. The van der Waals surface area contributed by atoms with Gasteiger partial charge in [0.25, 0.3) is 0 Å². The number of hydrogen-bond donors (Lipinski definition) is 2. The average Bonchev–Trinajstić information content (AvgIpc) is 2.81. The third-order valence-electron chi connectivity index (χ3n) is 2.36. The van der Waals surface area contributed by atoms with Gasteiger partial charge < -0.3 is 5.11 Å². The van der Waals surface area contributed by atoms with Gasteiger partial charge in [0.15, 0.2) is 0 Å². The molecule has 1 aromatic carbocycles. The zero-order chi connectivity index (χ0) is 13.0. The molecule has 18 heavy (non-hydrogen) atoms. The lowest BCUT2D eigenvalue weighted by atomic mass is 10.2. The van der Waals surface area contributed by atoms with Gasteiger partial charge in [-0.3, -0.25) is 4.72 Å². The van der Waals surface area contributed by atoms with Gasteiger partial charge in [0.2, 0.25) is 10.0 Å². The van der Waals surface area contributed by atoms with Crippen LogP contribution in [0.15, 0.2) is 41.1 Å². The number of sulfonamides is 1. The second-order valence-corrected chi connectivity index (χ2v) is 6.35. The molecule has 0 saturated heterocycles. The van der Waals surface area contributed by atoms with Crippen LogP contribution in [0.2, 0.25) is 0 Å². The highest BCUT2D eigenvalue weighted by atomic mass is 32.2. The van der Waals surface area contributed by atoms with E-state index in [9.17, 15) is 8.42 Å². The van der Waals surface area contributed by atoms with E-state index in [0.29, 0.717) is 11.3 Å². The van der Waals surface area contributed by atoms with Gasteiger partial charge in [0, 0.05) is 5.38 Å². The summed E-state index contributed by atoms with van der Waals surface area (Å²) in [5.41, 5.74) is 2.05. The van der Waals surface area contributed by atoms with Crippen LogP contribution in [0.1, 0.15) is 11.1 Å². The molecular formula is C12H13NO3S2. The fraction of sp³-hybridized carbons (Fsp3) is 0.167. The molecule has 4 nitrogen and oxygen atoms in total. The van der Waals surface area contributed by atoms with Gasteiger partial charge in [-0.25, -0.2) is 8.42 Å². The highest BCUT2D eigenvalue weighted by Gasteiger charge is 2.11. The van der Waals surface area contributed by atoms with E-state index < -0.39 is 10.0 Å². The third kappa shape index (κ3) is 3.56. The second-order valence-electron chi connectivity index (χ2n) is 3.85. The van der Waals surface area contributed by atoms with Crippen molar-refractivity contribution in [1.82, 2.24) is 0 Å². The minimum absolute atomic E-state index is 0.0415. The molecule has 1 heterocycles. The molecular weight excluding hydrogens is 270 g/mol. The molecule has 0 fully saturated rings. The van der Waals surface area contributed by atoms with E-state index in [4.69, 9.17) is 5.11 Å². The first-order chi connectivity index (χ1) is 8.59. The van der Waals surface area contributed by atoms with Crippen LogP contribution in [0.5, 0.6) is 0 Å². The van der Waals surface area contributed by atoms with E-state index in [1.54, 1.807) is 35.7 Å². The number of aliphatic hydroxyl groups is 1. The van der Waals surface area contributed by atoms with Crippen LogP contribution in [0, 0.1) is 0 Å². The Balaban J connectivity index is 2.07. The number of rotatable bonds is 5. The lowest BCUT2D eigenvalue weighted by molar-refractivity contribution is 0.282. The first-order valence-electron chi connectivity index (χ1n) is 5.30. The number of thiophene rings is 1. The summed E-state index contributed by atoms with van der Waals surface area (Å²) in [6, 6.07) is 8.57. The Kier molecular flexibility index (Phi) is 4.00. The predicted molar refractivity (Wildman–Crippen MR) is 72.9 cm³/mol. The van der Waals surface area contributed by atoms with Crippen molar-refractivity contribution >= 4 is 27.0 Å². The standard InChI is InChI=1S/C12H13NO3S2/c14-7-10-1-3-11(4-2-10)9-18(15,16)13-12-5-6-17-8-12/h1-6,8,13-14H,7,9H2. The molecule has 0 atom stereocenters. The number of nitrogens with one attached hydrogen (secondary N) is 1. The Morgan fingerprint density at radius 1 is 1.11 bits per heavy atom. The lowest BCUT2D eigenvalue weighted by Crippen LogP contribution is -2.14. The third-order valence-corrected chi connectivity index (χ3v) is 4.30. The molecule has 6 heteroatoms. The normalized spacial score (nSPS) is 11.4. The molecule has 1 aromatic heterocycles. The fourth-order valence-corrected chi connectivity index (χ4v) is 3.35. The van der Waals surface area contributed by atoms with E-state index in [0.717, 1.165) is 5.56 Å². The first kappa shape index (κ1) is 13.1. The summed E-state index contributed by atoms with van der Waals surface area (Å²) in [5.74, 6) is -0.0748. The number of hydrogen-bond acceptors (Lipinski definition) is 4. The largest absolute Gasteiger partial charge is 0.392 e.